The number of aromatic nitrogens is 1. The number of rotatable bonds is 7. The van der Waals surface area contributed by atoms with Crippen LogP contribution in [-0.4, -0.2) is 35.3 Å². The summed E-state index contributed by atoms with van der Waals surface area (Å²) in [6, 6.07) is 21.3. The van der Waals surface area contributed by atoms with Crippen LogP contribution in [0.3, 0.4) is 0 Å². The zero-order chi connectivity index (χ0) is 20.6. The van der Waals surface area contributed by atoms with Gasteiger partial charge in [0.2, 0.25) is 5.91 Å². The van der Waals surface area contributed by atoms with Crippen LogP contribution >= 0.6 is 11.8 Å². The topological polar surface area (TPSA) is 62.3 Å². The van der Waals surface area contributed by atoms with E-state index in [0.29, 0.717) is 11.4 Å². The largest absolute Gasteiger partial charge is 0.332 e. The summed E-state index contributed by atoms with van der Waals surface area (Å²) in [6.07, 6.45) is 1.64. The van der Waals surface area contributed by atoms with E-state index in [-0.39, 0.29) is 18.4 Å². The first kappa shape index (κ1) is 20.6. The van der Waals surface area contributed by atoms with Crippen LogP contribution < -0.4 is 5.32 Å². The third-order valence-corrected chi connectivity index (χ3v) is 5.34. The lowest BCUT2D eigenvalue weighted by Crippen LogP contribution is -2.35. The van der Waals surface area contributed by atoms with Gasteiger partial charge in [0.25, 0.3) is 5.91 Å². The van der Waals surface area contributed by atoms with Crippen LogP contribution in [-0.2, 0) is 10.5 Å². The molecule has 0 bridgehead atoms. The maximum absolute atomic E-state index is 12.6. The number of carbonyl (C=O) groups is 2. The molecule has 29 heavy (non-hydrogen) atoms. The number of aryl methyl sites for hydroxylation is 1. The Morgan fingerprint density at radius 2 is 1.76 bits per heavy atom. The molecule has 2 aromatic carbocycles. The van der Waals surface area contributed by atoms with Gasteiger partial charge in [-0.15, -0.1) is 11.8 Å². The smallest absolute Gasteiger partial charge is 0.254 e. The standard InChI is InChI=1S/C23H23N3O2S/c1-17-12-13-24-21(14-17)25-22(27)15-26(2)23(28)19-8-10-20(11-9-19)29-16-18-6-4-3-5-7-18/h3-14H,15-16H2,1-2H3,(H,24,25,27). The Bertz CT molecular complexity index is 975. The van der Waals surface area contributed by atoms with Crippen molar-refractivity contribution >= 4 is 29.4 Å². The summed E-state index contributed by atoms with van der Waals surface area (Å²) in [6.45, 7) is 1.88. The summed E-state index contributed by atoms with van der Waals surface area (Å²) >= 11 is 1.72. The molecule has 0 aliphatic carbocycles. The van der Waals surface area contributed by atoms with Crippen molar-refractivity contribution < 1.29 is 9.59 Å². The van der Waals surface area contributed by atoms with Crippen molar-refractivity contribution in [2.75, 3.05) is 18.9 Å². The van der Waals surface area contributed by atoms with Crippen LogP contribution in [0.5, 0.6) is 0 Å². The predicted octanol–water partition coefficient (Wildman–Crippen LogP) is 4.39. The molecular formula is C23H23N3O2S. The Balaban J connectivity index is 1.53. The van der Waals surface area contributed by atoms with E-state index in [2.05, 4.69) is 22.4 Å². The van der Waals surface area contributed by atoms with Gasteiger partial charge >= 0.3 is 0 Å². The minimum atomic E-state index is -0.283. The molecule has 0 atom stereocenters. The number of thioether (sulfide) groups is 1. The number of likely N-dealkylation sites (N-methyl/N-ethyl adjacent to an activating group) is 1. The zero-order valence-electron chi connectivity index (χ0n) is 16.5. The number of carbonyl (C=O) groups excluding carboxylic acids is 2. The molecule has 0 aliphatic heterocycles. The summed E-state index contributed by atoms with van der Waals surface area (Å²) < 4.78 is 0. The van der Waals surface area contributed by atoms with Gasteiger partial charge in [-0.3, -0.25) is 9.59 Å². The highest BCUT2D eigenvalue weighted by molar-refractivity contribution is 7.98. The van der Waals surface area contributed by atoms with Gasteiger partial charge in [0.15, 0.2) is 0 Å². The number of nitrogens with zero attached hydrogens (tertiary/aromatic N) is 2. The molecule has 0 spiro atoms. The number of hydrogen-bond donors (Lipinski definition) is 1. The second kappa shape index (κ2) is 9.89. The van der Waals surface area contributed by atoms with Crippen LogP contribution in [0.15, 0.2) is 77.8 Å². The van der Waals surface area contributed by atoms with Crippen LogP contribution in [0.2, 0.25) is 0 Å². The van der Waals surface area contributed by atoms with E-state index in [1.165, 1.54) is 10.5 Å². The quantitative estimate of drug-likeness (QED) is 0.592. The Morgan fingerprint density at radius 3 is 2.45 bits per heavy atom. The SMILES string of the molecule is Cc1ccnc(NC(=O)CN(C)C(=O)c2ccc(SCc3ccccc3)cc2)c1. The molecule has 2 amide bonds. The monoisotopic (exact) mass is 405 g/mol. The van der Waals surface area contributed by atoms with Crippen molar-refractivity contribution in [3.05, 3.63) is 89.6 Å². The van der Waals surface area contributed by atoms with Crippen molar-refractivity contribution in [2.45, 2.75) is 17.6 Å². The van der Waals surface area contributed by atoms with E-state index in [9.17, 15) is 9.59 Å². The molecule has 1 aromatic heterocycles. The normalized spacial score (nSPS) is 10.4. The van der Waals surface area contributed by atoms with Gasteiger partial charge in [0.1, 0.15) is 5.82 Å². The first-order chi connectivity index (χ1) is 14.0. The molecule has 1 N–H and O–H groups in total. The van der Waals surface area contributed by atoms with Crippen molar-refractivity contribution in [3.8, 4) is 0 Å². The number of hydrogen-bond acceptors (Lipinski definition) is 4. The molecular weight excluding hydrogens is 382 g/mol. The lowest BCUT2D eigenvalue weighted by molar-refractivity contribution is -0.116. The highest BCUT2D eigenvalue weighted by atomic mass is 32.2. The Labute approximate surface area is 175 Å². The first-order valence-corrected chi connectivity index (χ1v) is 10.2. The maximum Gasteiger partial charge on any atom is 0.254 e. The molecule has 3 aromatic rings. The van der Waals surface area contributed by atoms with E-state index in [1.807, 2.05) is 43.3 Å². The minimum Gasteiger partial charge on any atom is -0.332 e. The number of nitrogens with one attached hydrogen (secondary N) is 1. The van der Waals surface area contributed by atoms with Gasteiger partial charge in [-0.2, -0.15) is 0 Å². The summed E-state index contributed by atoms with van der Waals surface area (Å²) in [7, 11) is 1.61. The molecule has 0 aliphatic rings. The molecule has 0 saturated carbocycles. The fourth-order valence-corrected chi connectivity index (χ4v) is 3.58. The number of benzene rings is 2. The van der Waals surface area contributed by atoms with Gasteiger partial charge in [-0.25, -0.2) is 4.98 Å². The third kappa shape index (κ3) is 6.19. The summed E-state index contributed by atoms with van der Waals surface area (Å²) in [4.78, 5) is 31.4. The molecule has 5 nitrogen and oxygen atoms in total. The molecule has 3 rings (SSSR count). The van der Waals surface area contributed by atoms with E-state index in [4.69, 9.17) is 0 Å². The van der Waals surface area contributed by atoms with Crippen LogP contribution in [0.1, 0.15) is 21.5 Å². The third-order valence-electron chi connectivity index (χ3n) is 4.26. The van der Waals surface area contributed by atoms with Gasteiger partial charge in [0.05, 0.1) is 6.54 Å². The number of anilines is 1. The van der Waals surface area contributed by atoms with Crippen LogP contribution in [0.25, 0.3) is 0 Å². The summed E-state index contributed by atoms with van der Waals surface area (Å²) in [5.74, 6) is 0.878. The van der Waals surface area contributed by atoms with E-state index in [1.54, 1.807) is 43.2 Å². The summed E-state index contributed by atoms with van der Waals surface area (Å²) in [5, 5.41) is 2.71. The van der Waals surface area contributed by atoms with Crippen molar-refractivity contribution in [3.63, 3.8) is 0 Å². The Kier molecular flexibility index (Phi) is 7.03. The van der Waals surface area contributed by atoms with Gasteiger partial charge in [-0.1, -0.05) is 30.3 Å². The molecule has 6 heteroatoms. The number of pyridine rings is 1. The second-order valence-electron chi connectivity index (χ2n) is 6.73. The Morgan fingerprint density at radius 1 is 1.03 bits per heavy atom. The minimum absolute atomic E-state index is 0.0427. The average molecular weight is 406 g/mol. The van der Waals surface area contributed by atoms with Crippen LogP contribution in [0.4, 0.5) is 5.82 Å². The molecule has 0 unspecified atom stereocenters. The van der Waals surface area contributed by atoms with Crippen LogP contribution in [0, 0.1) is 6.92 Å². The average Bonchev–Trinajstić information content (AvgIpc) is 2.72. The van der Waals surface area contributed by atoms with Gasteiger partial charge in [0, 0.05) is 29.5 Å². The molecule has 148 valence electrons. The predicted molar refractivity (Wildman–Crippen MR) is 117 cm³/mol. The highest BCUT2D eigenvalue weighted by Gasteiger charge is 2.15. The lowest BCUT2D eigenvalue weighted by atomic mass is 10.2. The van der Waals surface area contributed by atoms with Crippen molar-refractivity contribution in [1.82, 2.24) is 9.88 Å². The van der Waals surface area contributed by atoms with E-state index >= 15 is 0 Å². The van der Waals surface area contributed by atoms with Crippen molar-refractivity contribution in [1.29, 1.82) is 0 Å². The zero-order valence-corrected chi connectivity index (χ0v) is 17.3. The number of amides is 2. The van der Waals surface area contributed by atoms with E-state index in [0.717, 1.165) is 16.2 Å². The van der Waals surface area contributed by atoms with E-state index < -0.39 is 0 Å². The van der Waals surface area contributed by atoms with Gasteiger partial charge < -0.3 is 10.2 Å². The maximum atomic E-state index is 12.6. The molecule has 0 radical (unpaired) electrons. The fourth-order valence-electron chi connectivity index (χ4n) is 2.73. The highest BCUT2D eigenvalue weighted by Crippen LogP contribution is 2.23. The second-order valence-corrected chi connectivity index (χ2v) is 7.78. The molecule has 0 saturated heterocycles. The molecule has 0 fully saturated rings. The first-order valence-electron chi connectivity index (χ1n) is 9.26. The Hall–Kier alpha value is -3.12. The van der Waals surface area contributed by atoms with Gasteiger partial charge in [-0.05, 0) is 54.4 Å². The molecule has 1 heterocycles. The summed E-state index contributed by atoms with van der Waals surface area (Å²) in [5.41, 5.74) is 2.81. The lowest BCUT2D eigenvalue weighted by Gasteiger charge is -2.17. The fraction of sp³-hybridized carbons (Fsp3) is 0.174. The van der Waals surface area contributed by atoms with Crippen molar-refractivity contribution in [2.24, 2.45) is 0 Å².